The Bertz CT molecular complexity index is 223. The smallest absolute Gasteiger partial charge is 0.130 e. The third-order valence-corrected chi connectivity index (χ3v) is 3.53. The Morgan fingerprint density at radius 3 is 2.25 bits per heavy atom. The molecule has 0 heterocycles. The zero-order valence-electron chi connectivity index (χ0n) is 7.91. The number of anilines is 1. The highest BCUT2D eigenvalue weighted by molar-refractivity contribution is 6.52. The van der Waals surface area contributed by atoms with Crippen LogP contribution in [0.2, 0.25) is 13.1 Å². The molecule has 1 rings (SSSR count). The molecule has 0 fully saturated rings. The molecule has 0 aromatic heterocycles. The van der Waals surface area contributed by atoms with Crippen molar-refractivity contribution in [1.29, 1.82) is 0 Å². The molecule has 0 aliphatic carbocycles. The number of nitrogens with one attached hydrogen (secondary N) is 1. The lowest BCUT2D eigenvalue weighted by molar-refractivity contribution is 0.633. The van der Waals surface area contributed by atoms with E-state index in [1.807, 2.05) is 18.2 Å². The van der Waals surface area contributed by atoms with Crippen LogP contribution in [0, 0.1) is 0 Å². The molecule has 0 radical (unpaired) electrons. The van der Waals surface area contributed by atoms with Gasteiger partial charge in [0, 0.05) is 5.69 Å². The number of rotatable bonds is 3. The molecule has 3 heteroatoms. The van der Waals surface area contributed by atoms with Crippen molar-refractivity contribution in [1.82, 2.24) is 4.67 Å². The van der Waals surface area contributed by atoms with Crippen LogP contribution in [0.3, 0.4) is 0 Å². The molecule has 0 aliphatic heterocycles. The summed E-state index contributed by atoms with van der Waals surface area (Å²) in [6.45, 7) is 4.58. The van der Waals surface area contributed by atoms with Crippen LogP contribution in [0.4, 0.5) is 5.69 Å². The molecular formula is C9H16N2Si. The van der Waals surface area contributed by atoms with Crippen LogP contribution in [0.1, 0.15) is 0 Å². The third kappa shape index (κ3) is 2.68. The topological polar surface area (TPSA) is 15.3 Å². The van der Waals surface area contributed by atoms with Crippen molar-refractivity contribution in [3.8, 4) is 0 Å². The number of hydrogen-bond acceptors (Lipinski definition) is 2. The molecular weight excluding hydrogens is 164 g/mol. The second kappa shape index (κ2) is 4.28. The zero-order valence-corrected chi connectivity index (χ0v) is 9.07. The molecule has 1 N–H and O–H groups in total. The van der Waals surface area contributed by atoms with E-state index in [2.05, 4.69) is 42.4 Å². The molecule has 1 aromatic carbocycles. The first kappa shape index (κ1) is 9.29. The van der Waals surface area contributed by atoms with Crippen LogP contribution < -0.4 is 5.43 Å². The van der Waals surface area contributed by atoms with E-state index >= 15 is 0 Å². The van der Waals surface area contributed by atoms with Gasteiger partial charge in [-0.1, -0.05) is 31.3 Å². The number of benzene rings is 1. The average molecular weight is 180 g/mol. The monoisotopic (exact) mass is 180 g/mol. The van der Waals surface area contributed by atoms with E-state index in [0.29, 0.717) is 0 Å². The third-order valence-electron chi connectivity index (χ3n) is 1.85. The van der Waals surface area contributed by atoms with Crippen molar-refractivity contribution in [3.63, 3.8) is 0 Å². The lowest BCUT2D eigenvalue weighted by atomic mass is 10.3. The Morgan fingerprint density at radius 2 is 1.75 bits per heavy atom. The summed E-state index contributed by atoms with van der Waals surface area (Å²) in [5, 5.41) is 0. The van der Waals surface area contributed by atoms with Crippen molar-refractivity contribution in [3.05, 3.63) is 30.3 Å². The Morgan fingerprint density at radius 1 is 1.17 bits per heavy atom. The van der Waals surface area contributed by atoms with E-state index < -0.39 is 8.96 Å². The molecule has 0 unspecified atom stereocenters. The average Bonchev–Trinajstić information content (AvgIpc) is 2.06. The zero-order chi connectivity index (χ0) is 8.97. The summed E-state index contributed by atoms with van der Waals surface area (Å²) in [6.07, 6.45) is 0. The van der Waals surface area contributed by atoms with Crippen molar-refractivity contribution in [2.75, 3.05) is 12.5 Å². The quantitative estimate of drug-likeness (QED) is 0.565. The second-order valence-electron chi connectivity index (χ2n) is 3.18. The van der Waals surface area contributed by atoms with Crippen LogP contribution in [0.5, 0.6) is 0 Å². The summed E-state index contributed by atoms with van der Waals surface area (Å²) in [5.41, 5.74) is 4.50. The predicted molar refractivity (Wildman–Crippen MR) is 56.7 cm³/mol. The maximum Gasteiger partial charge on any atom is 0.130 e. The lowest BCUT2D eigenvalue weighted by Gasteiger charge is -2.22. The summed E-state index contributed by atoms with van der Waals surface area (Å²) in [6, 6.07) is 10.3. The van der Waals surface area contributed by atoms with Crippen LogP contribution in [0.25, 0.3) is 0 Å². The fourth-order valence-electron chi connectivity index (χ4n) is 0.845. The molecule has 0 amide bonds. The first-order valence-electron chi connectivity index (χ1n) is 4.24. The standard InChI is InChI=1S/C9H16N2Si/c1-11(12(2)3)10-9-7-5-4-6-8-9/h4-8,10,12H,1-3H3. The van der Waals surface area contributed by atoms with E-state index in [4.69, 9.17) is 0 Å². The van der Waals surface area contributed by atoms with Gasteiger partial charge in [0.15, 0.2) is 0 Å². The van der Waals surface area contributed by atoms with Crippen molar-refractivity contribution >= 4 is 14.6 Å². The largest absolute Gasteiger partial charge is 0.326 e. The van der Waals surface area contributed by atoms with Gasteiger partial charge < -0.3 is 5.43 Å². The first-order chi connectivity index (χ1) is 5.70. The van der Waals surface area contributed by atoms with Gasteiger partial charge in [0.05, 0.1) is 0 Å². The number of hydrogen-bond donors (Lipinski definition) is 1. The molecule has 66 valence electrons. The molecule has 0 spiro atoms. The van der Waals surface area contributed by atoms with E-state index in [-0.39, 0.29) is 0 Å². The molecule has 12 heavy (non-hydrogen) atoms. The van der Waals surface area contributed by atoms with E-state index in [0.717, 1.165) is 0 Å². The highest BCUT2D eigenvalue weighted by Crippen LogP contribution is 2.06. The molecule has 1 aromatic rings. The number of nitrogens with zero attached hydrogens (tertiary/aromatic N) is 1. The summed E-state index contributed by atoms with van der Waals surface area (Å²) in [4.78, 5) is 0. The lowest BCUT2D eigenvalue weighted by Crippen LogP contribution is -2.35. The van der Waals surface area contributed by atoms with Gasteiger partial charge in [-0.25, -0.2) is 0 Å². The Labute approximate surface area is 75.9 Å². The van der Waals surface area contributed by atoms with E-state index in [9.17, 15) is 0 Å². The normalized spacial score (nSPS) is 10.8. The van der Waals surface area contributed by atoms with Crippen molar-refractivity contribution in [2.45, 2.75) is 13.1 Å². The van der Waals surface area contributed by atoms with Gasteiger partial charge in [-0.3, -0.25) is 4.67 Å². The molecule has 0 aliphatic rings. The highest BCUT2D eigenvalue weighted by Gasteiger charge is 2.02. The Kier molecular flexibility index (Phi) is 3.31. The Hall–Kier alpha value is -0.803. The van der Waals surface area contributed by atoms with Gasteiger partial charge in [0.25, 0.3) is 0 Å². The number of para-hydroxylation sites is 1. The summed E-state index contributed by atoms with van der Waals surface area (Å²) < 4.78 is 2.22. The predicted octanol–water partition coefficient (Wildman–Crippen LogP) is 1.93. The first-order valence-corrected chi connectivity index (χ1v) is 7.07. The molecule has 0 atom stereocenters. The Balaban J connectivity index is 2.53. The fraction of sp³-hybridized carbons (Fsp3) is 0.333. The van der Waals surface area contributed by atoms with Crippen molar-refractivity contribution < 1.29 is 0 Å². The van der Waals surface area contributed by atoms with Crippen LogP contribution in [-0.2, 0) is 0 Å². The molecule has 0 saturated heterocycles. The van der Waals surface area contributed by atoms with Crippen LogP contribution >= 0.6 is 0 Å². The van der Waals surface area contributed by atoms with Gasteiger partial charge in [-0.15, -0.1) is 0 Å². The fourth-order valence-corrected chi connectivity index (χ4v) is 1.25. The summed E-state index contributed by atoms with van der Waals surface area (Å²) in [5.74, 6) is 0. The summed E-state index contributed by atoms with van der Waals surface area (Å²) in [7, 11) is 1.39. The molecule has 2 nitrogen and oxygen atoms in total. The van der Waals surface area contributed by atoms with Gasteiger partial charge in [-0.05, 0) is 19.2 Å². The SMILES string of the molecule is CN(Nc1ccccc1)[SiH](C)C. The summed E-state index contributed by atoms with van der Waals surface area (Å²) >= 11 is 0. The van der Waals surface area contributed by atoms with Gasteiger partial charge in [0.1, 0.15) is 8.96 Å². The van der Waals surface area contributed by atoms with E-state index in [1.54, 1.807) is 0 Å². The minimum Gasteiger partial charge on any atom is -0.326 e. The molecule has 0 bridgehead atoms. The van der Waals surface area contributed by atoms with E-state index in [1.165, 1.54) is 5.69 Å². The highest BCUT2D eigenvalue weighted by atomic mass is 28.3. The van der Waals surface area contributed by atoms with Crippen molar-refractivity contribution in [2.24, 2.45) is 0 Å². The van der Waals surface area contributed by atoms with Gasteiger partial charge in [-0.2, -0.15) is 0 Å². The van der Waals surface area contributed by atoms with Crippen LogP contribution in [-0.4, -0.2) is 20.7 Å². The minimum absolute atomic E-state index is 0.712. The van der Waals surface area contributed by atoms with Gasteiger partial charge >= 0.3 is 0 Å². The van der Waals surface area contributed by atoms with Gasteiger partial charge in [0.2, 0.25) is 0 Å². The maximum absolute atomic E-state index is 3.34. The second-order valence-corrected chi connectivity index (χ2v) is 6.14. The van der Waals surface area contributed by atoms with Crippen LogP contribution in [0.15, 0.2) is 30.3 Å². The number of hydrazine groups is 1. The minimum atomic E-state index is -0.712. The molecule has 0 saturated carbocycles. The maximum atomic E-state index is 3.34.